The summed E-state index contributed by atoms with van der Waals surface area (Å²) < 4.78 is 13.4. The molecule has 0 aromatic rings. The number of ketones is 1. The van der Waals surface area contributed by atoms with Crippen LogP contribution < -0.4 is 0 Å². The van der Waals surface area contributed by atoms with E-state index in [1.165, 1.54) is 6.08 Å². The van der Waals surface area contributed by atoms with Crippen molar-refractivity contribution in [2.45, 2.75) is 0 Å². The molecule has 17 heavy (non-hydrogen) atoms. The molecule has 0 atom stereocenters. The van der Waals surface area contributed by atoms with Crippen molar-refractivity contribution in [3.8, 4) is 0 Å². The van der Waals surface area contributed by atoms with E-state index in [9.17, 15) is 14.4 Å². The molecule has 92 valence electrons. The highest BCUT2D eigenvalue weighted by Crippen LogP contribution is 2.71. The van der Waals surface area contributed by atoms with Gasteiger partial charge in [-0.05, 0) is 6.08 Å². The molecule has 0 aromatic heterocycles. The van der Waals surface area contributed by atoms with Crippen LogP contribution in [0.25, 0.3) is 0 Å². The Balaban J connectivity index is 2.23. The van der Waals surface area contributed by atoms with Gasteiger partial charge in [-0.25, -0.2) is 18.6 Å². The Bertz CT molecular complexity index is 394. The van der Waals surface area contributed by atoms with Crippen molar-refractivity contribution < 1.29 is 23.4 Å². The van der Waals surface area contributed by atoms with Crippen LogP contribution in [0.15, 0.2) is 12.7 Å². The average molecular weight is 259 g/mol. The summed E-state index contributed by atoms with van der Waals surface area (Å²) in [5.74, 6) is -2.20. The van der Waals surface area contributed by atoms with Gasteiger partial charge in [-0.15, -0.1) is 0 Å². The summed E-state index contributed by atoms with van der Waals surface area (Å²) in [7, 11) is -1.19. The fraction of sp³-hybridized carbons (Fsp3) is 0.444. The molecule has 2 aliphatic heterocycles. The highest BCUT2D eigenvalue weighted by atomic mass is 31.2. The van der Waals surface area contributed by atoms with Gasteiger partial charge >= 0.3 is 20.0 Å². The topological polar surface area (TPSA) is 76.2 Å². The number of carbonyl (C=O) groups excluding carboxylic acids is 3. The quantitative estimate of drug-likeness (QED) is 0.393. The second-order valence-electron chi connectivity index (χ2n) is 3.69. The predicted octanol–water partition coefficient (Wildman–Crippen LogP) is -0.234. The summed E-state index contributed by atoms with van der Waals surface area (Å²) in [5.41, 5.74) is 0. The summed E-state index contributed by atoms with van der Waals surface area (Å²) in [6.07, 6.45) is 1.19. The minimum Gasteiger partial charge on any atom is -0.293 e. The van der Waals surface area contributed by atoms with Crippen molar-refractivity contribution in [2.75, 3.05) is 26.7 Å². The molecule has 0 unspecified atom stereocenters. The van der Waals surface area contributed by atoms with Crippen LogP contribution in [0.4, 0.5) is 0 Å². The molecule has 2 fully saturated rings. The summed E-state index contributed by atoms with van der Waals surface area (Å²) in [6.45, 7) is 4.48. The molecule has 0 saturated carbocycles. The second-order valence-corrected chi connectivity index (χ2v) is 6.28. The fourth-order valence-electron chi connectivity index (χ4n) is 1.71. The molecule has 0 bridgehead atoms. The maximum atomic E-state index is 11.3. The lowest BCUT2D eigenvalue weighted by Crippen LogP contribution is -2.28. The molecule has 2 heterocycles. The van der Waals surface area contributed by atoms with Gasteiger partial charge in [-0.1, -0.05) is 15.9 Å². The van der Waals surface area contributed by atoms with Crippen LogP contribution in [0, 0.1) is 0 Å². The number of likely N-dealkylation sites (N-methyl/N-ethyl adjacent to an activating group) is 1. The van der Waals surface area contributed by atoms with Crippen molar-refractivity contribution >= 4 is 25.7 Å². The van der Waals surface area contributed by atoms with E-state index in [1.54, 1.807) is 16.4 Å². The molecule has 7 nitrogen and oxygen atoms in total. The molecule has 0 amide bonds. The zero-order chi connectivity index (χ0) is 12.6. The molecular formula is C9H12N2O5P+. The first kappa shape index (κ1) is 12.2. The van der Waals surface area contributed by atoms with Crippen molar-refractivity contribution in [3.05, 3.63) is 12.7 Å². The van der Waals surface area contributed by atoms with Gasteiger partial charge in [0.1, 0.15) is 6.54 Å². The monoisotopic (exact) mass is 259 g/mol. The van der Waals surface area contributed by atoms with Crippen molar-refractivity contribution in [1.29, 1.82) is 0 Å². The summed E-state index contributed by atoms with van der Waals surface area (Å²) in [4.78, 5) is 33.6. The van der Waals surface area contributed by atoms with Crippen LogP contribution in [0.1, 0.15) is 0 Å². The molecule has 2 aliphatic rings. The Morgan fingerprint density at radius 3 is 2.53 bits per heavy atom. The molecule has 0 N–H and O–H groups in total. The molecular weight excluding hydrogens is 247 g/mol. The van der Waals surface area contributed by atoms with E-state index in [0.29, 0.717) is 13.1 Å². The number of carbonyl (C=O) groups is 3. The Morgan fingerprint density at radius 2 is 2.00 bits per heavy atom. The summed E-state index contributed by atoms with van der Waals surface area (Å²) in [6, 6.07) is 0. The van der Waals surface area contributed by atoms with Gasteiger partial charge < -0.3 is 0 Å². The fourth-order valence-corrected chi connectivity index (χ4v) is 4.27. The SMILES string of the molecule is C=CC(=O)CN1CCN(C)[P+]12OC(=O)C(=O)O2. The van der Waals surface area contributed by atoms with Gasteiger partial charge in [0.25, 0.3) is 0 Å². The number of nitrogens with zero attached hydrogens (tertiary/aromatic N) is 2. The van der Waals surface area contributed by atoms with Crippen LogP contribution in [-0.4, -0.2) is 53.7 Å². The Hall–Kier alpha value is -1.30. The van der Waals surface area contributed by atoms with Gasteiger partial charge in [-0.3, -0.25) is 4.79 Å². The largest absolute Gasteiger partial charge is 0.533 e. The van der Waals surface area contributed by atoms with E-state index >= 15 is 0 Å². The summed E-state index contributed by atoms with van der Waals surface area (Å²) in [5, 5.41) is 0. The minimum absolute atomic E-state index is 0.0299. The van der Waals surface area contributed by atoms with E-state index in [1.807, 2.05) is 0 Å². The second kappa shape index (κ2) is 4.18. The maximum absolute atomic E-state index is 11.3. The van der Waals surface area contributed by atoms with Crippen LogP contribution in [0.2, 0.25) is 0 Å². The van der Waals surface area contributed by atoms with E-state index in [-0.39, 0.29) is 12.3 Å². The Kier molecular flexibility index (Phi) is 2.99. The third kappa shape index (κ3) is 1.86. The first-order chi connectivity index (χ1) is 7.99. The smallest absolute Gasteiger partial charge is 0.293 e. The van der Waals surface area contributed by atoms with E-state index in [2.05, 4.69) is 6.58 Å². The van der Waals surface area contributed by atoms with Gasteiger partial charge in [-0.2, -0.15) is 0 Å². The highest BCUT2D eigenvalue weighted by Gasteiger charge is 2.70. The van der Waals surface area contributed by atoms with E-state index < -0.39 is 20.0 Å². The number of rotatable bonds is 3. The lowest BCUT2D eigenvalue weighted by atomic mass is 10.4. The van der Waals surface area contributed by atoms with E-state index in [4.69, 9.17) is 9.05 Å². The zero-order valence-corrected chi connectivity index (χ0v) is 10.2. The molecule has 2 rings (SSSR count). The Labute approximate surface area is 98.6 Å². The average Bonchev–Trinajstić information content (AvgIpc) is 2.74. The Morgan fingerprint density at radius 1 is 1.41 bits per heavy atom. The minimum atomic E-state index is -2.88. The van der Waals surface area contributed by atoms with E-state index in [0.717, 1.165) is 0 Å². The third-order valence-corrected chi connectivity index (χ3v) is 5.53. The number of hydrogen-bond donors (Lipinski definition) is 0. The van der Waals surface area contributed by atoms with Crippen LogP contribution in [0.5, 0.6) is 0 Å². The van der Waals surface area contributed by atoms with Gasteiger partial charge in [0.15, 0.2) is 5.78 Å². The maximum Gasteiger partial charge on any atom is 0.533 e. The predicted molar refractivity (Wildman–Crippen MR) is 58.5 cm³/mol. The van der Waals surface area contributed by atoms with Crippen molar-refractivity contribution in [3.63, 3.8) is 0 Å². The number of hydrogen-bond acceptors (Lipinski definition) is 7. The first-order valence-corrected chi connectivity index (χ1v) is 6.51. The summed E-state index contributed by atoms with van der Waals surface area (Å²) >= 11 is 0. The molecule has 0 aromatic carbocycles. The standard InChI is InChI=1S/C9H12N2O5P/c1-3-7(12)6-11-5-4-10(2)17(11)15-8(13)9(14)16-17/h3H,1,4-6H2,2H3/q+1. The zero-order valence-electron chi connectivity index (χ0n) is 9.29. The lowest BCUT2D eigenvalue weighted by Gasteiger charge is -2.21. The van der Waals surface area contributed by atoms with Crippen molar-refractivity contribution in [1.82, 2.24) is 9.34 Å². The first-order valence-electron chi connectivity index (χ1n) is 4.98. The van der Waals surface area contributed by atoms with Gasteiger partial charge in [0.2, 0.25) is 0 Å². The molecule has 8 heteroatoms. The lowest BCUT2D eigenvalue weighted by molar-refractivity contribution is -0.150. The van der Waals surface area contributed by atoms with Crippen LogP contribution >= 0.6 is 8.02 Å². The van der Waals surface area contributed by atoms with Gasteiger partial charge in [0.05, 0.1) is 13.1 Å². The van der Waals surface area contributed by atoms with Crippen LogP contribution in [0.3, 0.4) is 0 Å². The third-order valence-electron chi connectivity index (χ3n) is 2.61. The normalized spacial score (nSPS) is 23.8. The molecule has 2 saturated heterocycles. The molecule has 0 radical (unpaired) electrons. The van der Waals surface area contributed by atoms with Crippen LogP contribution in [-0.2, 0) is 23.4 Å². The van der Waals surface area contributed by atoms with Crippen molar-refractivity contribution in [2.24, 2.45) is 0 Å². The molecule has 0 aliphatic carbocycles. The molecule has 1 spiro atoms. The highest BCUT2D eigenvalue weighted by molar-refractivity contribution is 7.64. The van der Waals surface area contributed by atoms with Gasteiger partial charge in [0, 0.05) is 7.05 Å².